The van der Waals surface area contributed by atoms with Crippen LogP contribution < -0.4 is 10.6 Å². The summed E-state index contributed by atoms with van der Waals surface area (Å²) in [6.45, 7) is 7.75. The van der Waals surface area contributed by atoms with Gasteiger partial charge in [-0.2, -0.15) is 11.8 Å². The molecule has 24 heavy (non-hydrogen) atoms. The smallest absolute Gasteiger partial charge is 0.191 e. The fraction of sp³-hybridized carbons (Fsp3) is 0.611. The first-order valence-electron chi connectivity index (χ1n) is 8.19. The van der Waals surface area contributed by atoms with Gasteiger partial charge in [0.05, 0.1) is 6.61 Å². The lowest BCUT2D eigenvalue weighted by atomic mass is 10.2. The number of hydrogen-bond donors (Lipinski definition) is 2. The number of aliphatic imine (C=N–C) groups is 1. The number of thioether (sulfide) groups is 1. The van der Waals surface area contributed by atoms with E-state index in [1.54, 1.807) is 7.05 Å². The lowest BCUT2D eigenvalue weighted by Crippen LogP contribution is -2.43. The Bertz CT molecular complexity index is 455. The molecule has 0 aliphatic carbocycles. The molecule has 2 N–H and O–H groups in total. The van der Waals surface area contributed by atoms with Gasteiger partial charge in [0.2, 0.25) is 0 Å². The molecular formula is C18H32IN3OS. The van der Waals surface area contributed by atoms with Gasteiger partial charge in [-0.15, -0.1) is 24.0 Å². The third kappa shape index (κ3) is 11.1. The molecule has 1 rings (SSSR count). The van der Waals surface area contributed by atoms with Gasteiger partial charge in [0.1, 0.15) is 0 Å². The summed E-state index contributed by atoms with van der Waals surface area (Å²) in [4.78, 5) is 4.24. The number of guanidine groups is 1. The van der Waals surface area contributed by atoms with Gasteiger partial charge >= 0.3 is 0 Å². The molecule has 0 aliphatic rings. The van der Waals surface area contributed by atoms with E-state index in [4.69, 9.17) is 4.74 Å². The minimum absolute atomic E-state index is 0. The number of rotatable bonds is 10. The fourth-order valence-corrected chi connectivity index (χ4v) is 2.12. The van der Waals surface area contributed by atoms with E-state index in [1.165, 1.54) is 5.56 Å². The van der Waals surface area contributed by atoms with Crippen LogP contribution in [0.25, 0.3) is 0 Å². The molecule has 0 radical (unpaired) electrons. The molecule has 1 aromatic rings. The molecule has 0 bridgehead atoms. The van der Waals surface area contributed by atoms with Crippen LogP contribution in [-0.4, -0.2) is 50.3 Å². The van der Waals surface area contributed by atoms with Crippen molar-refractivity contribution in [1.29, 1.82) is 0 Å². The zero-order chi connectivity index (χ0) is 17.0. The first kappa shape index (κ1) is 23.5. The molecule has 0 amide bonds. The average molecular weight is 465 g/mol. The van der Waals surface area contributed by atoms with Crippen LogP contribution in [0, 0.1) is 0 Å². The van der Waals surface area contributed by atoms with Crippen molar-refractivity contribution in [1.82, 2.24) is 10.6 Å². The van der Waals surface area contributed by atoms with E-state index in [1.807, 2.05) is 17.8 Å². The van der Waals surface area contributed by atoms with Crippen LogP contribution >= 0.6 is 35.7 Å². The molecule has 4 nitrogen and oxygen atoms in total. The number of hydrogen-bond acceptors (Lipinski definition) is 3. The van der Waals surface area contributed by atoms with Gasteiger partial charge in [-0.3, -0.25) is 4.99 Å². The van der Waals surface area contributed by atoms with Crippen LogP contribution in [0.2, 0.25) is 0 Å². The summed E-state index contributed by atoms with van der Waals surface area (Å²) >= 11 is 1.85. The average Bonchev–Trinajstić information content (AvgIpc) is 2.57. The van der Waals surface area contributed by atoms with Crippen LogP contribution in [0.3, 0.4) is 0 Å². The van der Waals surface area contributed by atoms with E-state index < -0.39 is 0 Å². The van der Waals surface area contributed by atoms with E-state index in [0.717, 1.165) is 45.1 Å². The largest absolute Gasteiger partial charge is 0.381 e. The third-order valence-corrected chi connectivity index (χ3v) is 4.84. The van der Waals surface area contributed by atoms with Crippen molar-refractivity contribution < 1.29 is 4.74 Å². The summed E-state index contributed by atoms with van der Waals surface area (Å²) in [7, 11) is 1.80. The lowest BCUT2D eigenvalue weighted by molar-refractivity contribution is 0.135. The monoisotopic (exact) mass is 465 g/mol. The van der Waals surface area contributed by atoms with Gasteiger partial charge in [-0.1, -0.05) is 30.3 Å². The van der Waals surface area contributed by atoms with E-state index in [9.17, 15) is 0 Å². The van der Waals surface area contributed by atoms with E-state index in [-0.39, 0.29) is 28.7 Å². The summed E-state index contributed by atoms with van der Waals surface area (Å²) in [6.07, 6.45) is 4.08. The Kier molecular flexibility index (Phi) is 13.5. The number of nitrogens with zero attached hydrogens (tertiary/aromatic N) is 1. The second-order valence-electron chi connectivity index (χ2n) is 6.02. The van der Waals surface area contributed by atoms with E-state index in [0.29, 0.717) is 0 Å². The maximum atomic E-state index is 5.68. The Morgan fingerprint density at radius 1 is 1.17 bits per heavy atom. The molecule has 0 aliphatic heterocycles. The summed E-state index contributed by atoms with van der Waals surface area (Å²) in [6, 6.07) is 10.4. The summed E-state index contributed by atoms with van der Waals surface area (Å²) < 4.78 is 5.89. The zero-order valence-electron chi connectivity index (χ0n) is 15.3. The third-order valence-electron chi connectivity index (χ3n) is 3.59. The Balaban J connectivity index is 0.00000529. The van der Waals surface area contributed by atoms with Gasteiger partial charge in [0.25, 0.3) is 0 Å². The van der Waals surface area contributed by atoms with Crippen LogP contribution in [-0.2, 0) is 11.2 Å². The maximum Gasteiger partial charge on any atom is 0.191 e. The predicted molar refractivity (Wildman–Crippen MR) is 118 cm³/mol. The zero-order valence-corrected chi connectivity index (χ0v) is 18.4. The SMILES string of the molecule is CN=C(NCCCOCCc1ccccc1)NCC(C)(C)SC.I. The molecule has 0 saturated heterocycles. The molecule has 138 valence electrons. The van der Waals surface area contributed by atoms with Crippen LogP contribution in [0.1, 0.15) is 25.8 Å². The Labute approximate surface area is 168 Å². The molecule has 0 fully saturated rings. The first-order valence-corrected chi connectivity index (χ1v) is 9.41. The molecule has 0 saturated carbocycles. The summed E-state index contributed by atoms with van der Waals surface area (Å²) in [5.41, 5.74) is 1.33. The van der Waals surface area contributed by atoms with Crippen molar-refractivity contribution >= 4 is 41.7 Å². The Morgan fingerprint density at radius 3 is 2.50 bits per heavy atom. The van der Waals surface area contributed by atoms with Crippen molar-refractivity contribution in [2.45, 2.75) is 31.4 Å². The second kappa shape index (κ2) is 13.8. The highest BCUT2D eigenvalue weighted by molar-refractivity contribution is 14.0. The normalized spacial score (nSPS) is 11.8. The minimum Gasteiger partial charge on any atom is -0.381 e. The Hall–Kier alpha value is -0.470. The number of nitrogens with one attached hydrogen (secondary N) is 2. The fourth-order valence-electron chi connectivity index (χ4n) is 1.91. The minimum atomic E-state index is 0. The summed E-state index contributed by atoms with van der Waals surface area (Å²) in [5, 5.41) is 6.69. The first-order chi connectivity index (χ1) is 11.1. The number of halogens is 1. The summed E-state index contributed by atoms with van der Waals surface area (Å²) in [5.74, 6) is 0.858. The molecule has 6 heteroatoms. The molecule has 0 spiro atoms. The van der Waals surface area contributed by atoms with Crippen molar-refractivity contribution in [3.05, 3.63) is 35.9 Å². The van der Waals surface area contributed by atoms with Gasteiger partial charge < -0.3 is 15.4 Å². The van der Waals surface area contributed by atoms with E-state index in [2.05, 4.69) is 60.0 Å². The van der Waals surface area contributed by atoms with Gasteiger partial charge in [-0.25, -0.2) is 0 Å². The predicted octanol–water partition coefficient (Wildman–Crippen LogP) is 3.56. The quantitative estimate of drug-likeness (QED) is 0.240. The highest BCUT2D eigenvalue weighted by atomic mass is 127. The number of benzene rings is 1. The molecular weight excluding hydrogens is 433 g/mol. The van der Waals surface area contributed by atoms with Gasteiger partial charge in [0.15, 0.2) is 5.96 Å². The van der Waals surface area contributed by atoms with Crippen LogP contribution in [0.4, 0.5) is 0 Å². The molecule has 0 atom stereocenters. The maximum absolute atomic E-state index is 5.68. The molecule has 0 aromatic heterocycles. The van der Waals surface area contributed by atoms with Gasteiger partial charge in [-0.05, 0) is 38.5 Å². The van der Waals surface area contributed by atoms with Crippen molar-refractivity contribution in [3.63, 3.8) is 0 Å². The number of ether oxygens (including phenoxy) is 1. The standard InChI is InChI=1S/C18H31N3OS.HI/c1-18(2,23-4)15-21-17(19-3)20-12-8-13-22-14-11-16-9-6-5-7-10-16;/h5-7,9-10H,8,11-15H2,1-4H3,(H2,19,20,21);1H. The van der Waals surface area contributed by atoms with Crippen molar-refractivity contribution in [2.75, 3.05) is 39.6 Å². The Morgan fingerprint density at radius 2 is 1.88 bits per heavy atom. The lowest BCUT2D eigenvalue weighted by Gasteiger charge is -2.23. The molecule has 0 heterocycles. The van der Waals surface area contributed by atoms with Crippen LogP contribution in [0.5, 0.6) is 0 Å². The topological polar surface area (TPSA) is 45.7 Å². The van der Waals surface area contributed by atoms with Gasteiger partial charge in [0, 0.05) is 31.5 Å². The van der Waals surface area contributed by atoms with E-state index >= 15 is 0 Å². The highest BCUT2D eigenvalue weighted by Gasteiger charge is 2.15. The van der Waals surface area contributed by atoms with Crippen LogP contribution in [0.15, 0.2) is 35.3 Å². The molecule has 0 unspecified atom stereocenters. The highest BCUT2D eigenvalue weighted by Crippen LogP contribution is 2.19. The van der Waals surface area contributed by atoms with Crippen molar-refractivity contribution in [2.24, 2.45) is 4.99 Å². The molecule has 1 aromatic carbocycles. The van der Waals surface area contributed by atoms with Crippen molar-refractivity contribution in [3.8, 4) is 0 Å². The second-order valence-corrected chi connectivity index (χ2v) is 7.53.